The summed E-state index contributed by atoms with van der Waals surface area (Å²) in [6, 6.07) is 9.01. The summed E-state index contributed by atoms with van der Waals surface area (Å²) in [7, 11) is 0. The minimum absolute atomic E-state index is 0.284. The number of anilines is 2. The second kappa shape index (κ2) is 5.46. The van der Waals surface area contributed by atoms with Gasteiger partial charge in [-0.2, -0.15) is 0 Å². The summed E-state index contributed by atoms with van der Waals surface area (Å²) in [4.78, 5) is 20.4. The number of rotatable bonds is 4. The zero-order valence-corrected chi connectivity index (χ0v) is 11.4. The quantitative estimate of drug-likeness (QED) is 0.908. The number of halogens is 1. The van der Waals surface area contributed by atoms with E-state index in [4.69, 9.17) is 11.6 Å². The summed E-state index contributed by atoms with van der Waals surface area (Å²) in [6.45, 7) is 0. The Kier molecular flexibility index (Phi) is 3.52. The molecule has 3 rings (SSSR count). The van der Waals surface area contributed by atoms with Crippen molar-refractivity contribution in [1.29, 1.82) is 0 Å². The fourth-order valence-corrected chi connectivity index (χ4v) is 1.92. The maximum Gasteiger partial charge on any atom is 0.274 e. The normalized spacial score (nSPS) is 13.8. The molecule has 0 spiro atoms. The zero-order chi connectivity index (χ0) is 13.9. The summed E-state index contributed by atoms with van der Waals surface area (Å²) >= 11 is 5.88. The Morgan fingerprint density at radius 2 is 2.15 bits per heavy atom. The zero-order valence-electron chi connectivity index (χ0n) is 10.6. The summed E-state index contributed by atoms with van der Waals surface area (Å²) < 4.78 is 0. The lowest BCUT2D eigenvalue weighted by Gasteiger charge is -2.07. The lowest BCUT2D eigenvalue weighted by Crippen LogP contribution is -2.15. The number of hydrogen-bond acceptors (Lipinski definition) is 4. The molecule has 6 heteroatoms. The number of hydrogen-bond donors (Lipinski definition) is 2. The van der Waals surface area contributed by atoms with Crippen LogP contribution < -0.4 is 10.6 Å². The molecule has 0 saturated heterocycles. The van der Waals surface area contributed by atoms with Crippen LogP contribution in [0.5, 0.6) is 0 Å². The maximum absolute atomic E-state index is 12.1. The first-order valence-electron chi connectivity index (χ1n) is 6.37. The van der Waals surface area contributed by atoms with Gasteiger partial charge in [-0.1, -0.05) is 17.7 Å². The van der Waals surface area contributed by atoms with Gasteiger partial charge in [-0.05, 0) is 37.1 Å². The van der Waals surface area contributed by atoms with E-state index in [1.54, 1.807) is 36.5 Å². The van der Waals surface area contributed by atoms with Gasteiger partial charge < -0.3 is 10.6 Å². The Morgan fingerprint density at radius 3 is 2.90 bits per heavy atom. The van der Waals surface area contributed by atoms with Crippen molar-refractivity contribution >= 4 is 29.1 Å². The minimum atomic E-state index is -0.284. The average Bonchev–Trinajstić information content (AvgIpc) is 3.23. The van der Waals surface area contributed by atoms with Crippen LogP contribution in [0.4, 0.5) is 11.6 Å². The molecule has 1 saturated carbocycles. The van der Waals surface area contributed by atoms with Crippen molar-refractivity contribution in [2.45, 2.75) is 18.9 Å². The van der Waals surface area contributed by atoms with Crippen molar-refractivity contribution in [3.8, 4) is 0 Å². The first-order valence-corrected chi connectivity index (χ1v) is 6.75. The van der Waals surface area contributed by atoms with Gasteiger partial charge in [0.2, 0.25) is 5.95 Å². The maximum atomic E-state index is 12.1. The van der Waals surface area contributed by atoms with E-state index in [9.17, 15) is 4.79 Å². The topological polar surface area (TPSA) is 66.9 Å². The lowest BCUT2D eigenvalue weighted by atomic mass is 10.3. The number of amides is 1. The number of carbonyl (C=O) groups is 1. The van der Waals surface area contributed by atoms with Crippen LogP contribution in [0.2, 0.25) is 5.02 Å². The number of nitrogens with zero attached hydrogens (tertiary/aromatic N) is 2. The first-order chi connectivity index (χ1) is 9.70. The molecule has 2 N–H and O–H groups in total. The van der Waals surface area contributed by atoms with Gasteiger partial charge in [0.15, 0.2) is 0 Å². The number of carbonyl (C=O) groups excluding carboxylic acids is 1. The van der Waals surface area contributed by atoms with Crippen LogP contribution in [0.15, 0.2) is 36.5 Å². The minimum Gasteiger partial charge on any atom is -0.351 e. The van der Waals surface area contributed by atoms with Crippen LogP contribution in [-0.4, -0.2) is 21.9 Å². The molecule has 102 valence electrons. The van der Waals surface area contributed by atoms with E-state index in [-0.39, 0.29) is 5.91 Å². The van der Waals surface area contributed by atoms with E-state index in [2.05, 4.69) is 20.6 Å². The monoisotopic (exact) mass is 288 g/mol. The molecule has 1 aliphatic carbocycles. The van der Waals surface area contributed by atoms with Gasteiger partial charge in [-0.25, -0.2) is 9.97 Å². The van der Waals surface area contributed by atoms with Gasteiger partial charge in [0.25, 0.3) is 5.91 Å². The molecule has 1 aromatic carbocycles. The molecule has 1 heterocycles. The van der Waals surface area contributed by atoms with Crippen LogP contribution in [0.25, 0.3) is 0 Å². The molecule has 20 heavy (non-hydrogen) atoms. The second-order valence-electron chi connectivity index (χ2n) is 4.65. The molecule has 0 bridgehead atoms. The lowest BCUT2D eigenvalue weighted by molar-refractivity contribution is 0.102. The molecule has 1 fully saturated rings. The van der Waals surface area contributed by atoms with Crippen LogP contribution in [-0.2, 0) is 0 Å². The van der Waals surface area contributed by atoms with Crippen molar-refractivity contribution in [1.82, 2.24) is 9.97 Å². The Balaban J connectivity index is 1.72. The van der Waals surface area contributed by atoms with Crippen molar-refractivity contribution in [3.63, 3.8) is 0 Å². The third-order valence-corrected chi connectivity index (χ3v) is 3.12. The average molecular weight is 289 g/mol. The van der Waals surface area contributed by atoms with Gasteiger partial charge in [0.05, 0.1) is 0 Å². The SMILES string of the molecule is O=C(Nc1cccc(Cl)c1)c1ccnc(NC2CC2)n1. The molecule has 1 amide bonds. The van der Waals surface area contributed by atoms with Crippen LogP contribution >= 0.6 is 11.6 Å². The van der Waals surface area contributed by atoms with Crippen LogP contribution in [0.1, 0.15) is 23.3 Å². The standard InChI is InChI=1S/C14H13ClN4O/c15-9-2-1-3-11(8-9)17-13(20)12-6-7-16-14(19-12)18-10-4-5-10/h1-3,6-8,10H,4-5H2,(H,17,20)(H,16,18,19). The number of benzene rings is 1. The van der Waals surface area contributed by atoms with Crippen molar-refractivity contribution in [3.05, 3.63) is 47.2 Å². The van der Waals surface area contributed by atoms with E-state index in [1.807, 2.05) is 0 Å². The van der Waals surface area contributed by atoms with Gasteiger partial charge in [0.1, 0.15) is 5.69 Å². The molecule has 0 radical (unpaired) electrons. The van der Waals surface area contributed by atoms with E-state index >= 15 is 0 Å². The highest BCUT2D eigenvalue weighted by molar-refractivity contribution is 6.30. The third-order valence-electron chi connectivity index (χ3n) is 2.88. The molecule has 0 aliphatic heterocycles. The van der Waals surface area contributed by atoms with Gasteiger partial charge in [-0.3, -0.25) is 4.79 Å². The van der Waals surface area contributed by atoms with Gasteiger partial charge in [-0.15, -0.1) is 0 Å². The van der Waals surface area contributed by atoms with Crippen molar-refractivity contribution in [2.75, 3.05) is 10.6 Å². The highest BCUT2D eigenvalue weighted by atomic mass is 35.5. The molecular formula is C14H13ClN4O. The predicted molar refractivity (Wildman–Crippen MR) is 78.1 cm³/mol. The molecule has 1 aliphatic rings. The number of nitrogens with one attached hydrogen (secondary N) is 2. The molecule has 0 unspecified atom stereocenters. The smallest absolute Gasteiger partial charge is 0.274 e. The van der Waals surface area contributed by atoms with Crippen LogP contribution in [0, 0.1) is 0 Å². The summed E-state index contributed by atoms with van der Waals surface area (Å²) in [5.41, 5.74) is 0.959. The summed E-state index contributed by atoms with van der Waals surface area (Å²) in [5.74, 6) is 0.208. The first kappa shape index (κ1) is 12.9. The van der Waals surface area contributed by atoms with Gasteiger partial charge >= 0.3 is 0 Å². The van der Waals surface area contributed by atoms with Crippen molar-refractivity contribution in [2.24, 2.45) is 0 Å². The summed E-state index contributed by atoms with van der Waals surface area (Å²) in [6.07, 6.45) is 3.83. The van der Waals surface area contributed by atoms with E-state index in [0.29, 0.717) is 28.4 Å². The fourth-order valence-electron chi connectivity index (χ4n) is 1.73. The molecule has 1 aromatic heterocycles. The van der Waals surface area contributed by atoms with E-state index < -0.39 is 0 Å². The highest BCUT2D eigenvalue weighted by Crippen LogP contribution is 2.22. The Hall–Kier alpha value is -2.14. The predicted octanol–water partition coefficient (Wildman–Crippen LogP) is 2.96. The third kappa shape index (κ3) is 3.24. The molecule has 0 atom stereocenters. The van der Waals surface area contributed by atoms with E-state index in [0.717, 1.165) is 12.8 Å². The van der Waals surface area contributed by atoms with Gasteiger partial charge in [0, 0.05) is 22.9 Å². The molecule has 2 aromatic rings. The largest absolute Gasteiger partial charge is 0.351 e. The van der Waals surface area contributed by atoms with Crippen LogP contribution in [0.3, 0.4) is 0 Å². The highest BCUT2D eigenvalue weighted by Gasteiger charge is 2.22. The Morgan fingerprint density at radius 1 is 1.30 bits per heavy atom. The Bertz CT molecular complexity index is 643. The molecular weight excluding hydrogens is 276 g/mol. The summed E-state index contributed by atoms with van der Waals surface area (Å²) in [5, 5.41) is 6.49. The molecule has 5 nitrogen and oxygen atoms in total. The second-order valence-corrected chi connectivity index (χ2v) is 5.09. The van der Waals surface area contributed by atoms with Crippen molar-refractivity contribution < 1.29 is 4.79 Å². The fraction of sp³-hybridized carbons (Fsp3) is 0.214. The Labute approximate surface area is 121 Å². The van der Waals surface area contributed by atoms with E-state index in [1.165, 1.54) is 0 Å². The number of aromatic nitrogens is 2.